The fourth-order valence-electron chi connectivity index (χ4n) is 5.31. The molecular weight excluding hydrogens is 518 g/mol. The third kappa shape index (κ3) is 8.55. The minimum absolute atomic E-state index is 0.0774. The first kappa shape index (κ1) is 30.1. The summed E-state index contributed by atoms with van der Waals surface area (Å²) in [7, 11) is 0. The fourth-order valence-corrected chi connectivity index (χ4v) is 5.31. The molecule has 3 aromatic rings. The number of hydrogen-bond acceptors (Lipinski definition) is 6. The van der Waals surface area contributed by atoms with Crippen LogP contribution in [0.1, 0.15) is 55.5 Å². The van der Waals surface area contributed by atoms with Gasteiger partial charge in [-0.15, -0.1) is 0 Å². The fraction of sp³-hybridized carbons (Fsp3) is 0.394. The quantitative estimate of drug-likeness (QED) is 0.238. The lowest BCUT2D eigenvalue weighted by atomic mass is 9.88. The topological polar surface area (TPSA) is 134 Å². The van der Waals surface area contributed by atoms with Crippen molar-refractivity contribution < 1.29 is 24.5 Å². The van der Waals surface area contributed by atoms with Crippen LogP contribution in [-0.2, 0) is 28.8 Å². The molecule has 3 aromatic carbocycles. The van der Waals surface area contributed by atoms with E-state index in [-0.39, 0.29) is 12.3 Å². The molecule has 8 heteroatoms. The number of nitrogens with one attached hydrogen (secondary N) is 2. The Bertz CT molecular complexity index is 1310. The molecule has 0 aromatic heterocycles. The second kappa shape index (κ2) is 13.2. The average Bonchev–Trinajstić information content (AvgIpc) is 3.23. The molecule has 0 fully saturated rings. The number of carbonyl (C=O) groups excluding carboxylic acids is 2. The van der Waals surface area contributed by atoms with Crippen LogP contribution in [0.5, 0.6) is 0 Å². The molecule has 4 rings (SSSR count). The summed E-state index contributed by atoms with van der Waals surface area (Å²) in [5.74, 6) is -0.926. The van der Waals surface area contributed by atoms with Crippen molar-refractivity contribution in [2.24, 2.45) is 5.92 Å². The molecule has 6 N–H and O–H groups in total. The Labute approximate surface area is 241 Å². The van der Waals surface area contributed by atoms with E-state index < -0.39 is 41.9 Å². The highest BCUT2D eigenvalue weighted by Crippen LogP contribution is 2.32. The number of rotatable bonds is 10. The molecular formula is C33H41N3O5. The Balaban J connectivity index is 1.56. The number of aliphatic hydroxyl groups is 2. The lowest BCUT2D eigenvalue weighted by Gasteiger charge is -2.29. The summed E-state index contributed by atoms with van der Waals surface area (Å²) in [6, 6.07) is 23.3. The first-order valence-corrected chi connectivity index (χ1v) is 14.1. The summed E-state index contributed by atoms with van der Waals surface area (Å²) in [6.45, 7) is 5.33. The molecule has 8 nitrogen and oxygen atoms in total. The van der Waals surface area contributed by atoms with Gasteiger partial charge in [0.25, 0.3) is 0 Å². The Hall–Kier alpha value is -3.88. The zero-order valence-electron chi connectivity index (χ0n) is 23.9. The summed E-state index contributed by atoms with van der Waals surface area (Å²) in [6.07, 6.45) is -1.20. The monoisotopic (exact) mass is 559 g/mol. The summed E-state index contributed by atoms with van der Waals surface area (Å²) in [5.41, 5.74) is 9.50. The molecule has 0 spiro atoms. The summed E-state index contributed by atoms with van der Waals surface area (Å²) in [5, 5.41) is 28.1. The van der Waals surface area contributed by atoms with Gasteiger partial charge in [-0.25, -0.2) is 4.79 Å². The number of aliphatic hydroxyl groups excluding tert-OH is 2. The Morgan fingerprint density at radius 1 is 0.951 bits per heavy atom. The van der Waals surface area contributed by atoms with Crippen molar-refractivity contribution >= 4 is 17.7 Å². The van der Waals surface area contributed by atoms with E-state index in [2.05, 4.69) is 10.6 Å². The van der Waals surface area contributed by atoms with Gasteiger partial charge in [0.15, 0.2) is 0 Å². The Morgan fingerprint density at radius 2 is 1.59 bits per heavy atom. The van der Waals surface area contributed by atoms with E-state index in [4.69, 9.17) is 10.5 Å². The van der Waals surface area contributed by atoms with Crippen molar-refractivity contribution in [3.63, 3.8) is 0 Å². The second-order valence-electron chi connectivity index (χ2n) is 11.8. The minimum Gasteiger partial charge on any atom is -0.444 e. The molecule has 0 radical (unpaired) electrons. The predicted molar refractivity (Wildman–Crippen MR) is 159 cm³/mol. The van der Waals surface area contributed by atoms with Crippen LogP contribution in [-0.4, -0.2) is 46.1 Å². The van der Waals surface area contributed by atoms with Crippen LogP contribution in [0, 0.1) is 5.92 Å². The summed E-state index contributed by atoms with van der Waals surface area (Å²) >= 11 is 0. The van der Waals surface area contributed by atoms with Gasteiger partial charge in [-0.1, -0.05) is 66.7 Å². The van der Waals surface area contributed by atoms with Crippen LogP contribution in [0.3, 0.4) is 0 Å². The number of alkyl carbamates (subject to hydrolysis) is 1. The second-order valence-corrected chi connectivity index (χ2v) is 11.8. The van der Waals surface area contributed by atoms with Crippen molar-refractivity contribution in [2.45, 2.75) is 76.3 Å². The predicted octanol–water partition coefficient (Wildman–Crippen LogP) is 4.09. The van der Waals surface area contributed by atoms with Crippen LogP contribution < -0.4 is 16.4 Å². The van der Waals surface area contributed by atoms with E-state index in [0.717, 1.165) is 22.3 Å². The number of nitrogen functional groups attached to an aromatic ring is 1. The van der Waals surface area contributed by atoms with Crippen LogP contribution in [0.2, 0.25) is 0 Å². The molecule has 2 amide bonds. The van der Waals surface area contributed by atoms with Gasteiger partial charge < -0.3 is 31.3 Å². The molecule has 0 heterocycles. The average molecular weight is 560 g/mol. The lowest BCUT2D eigenvalue weighted by molar-refractivity contribution is -0.127. The van der Waals surface area contributed by atoms with Crippen molar-refractivity contribution in [3.8, 4) is 0 Å². The molecule has 0 bridgehead atoms. The minimum atomic E-state index is -1.06. The summed E-state index contributed by atoms with van der Waals surface area (Å²) in [4.78, 5) is 26.5. The van der Waals surface area contributed by atoms with Crippen molar-refractivity contribution in [2.75, 3.05) is 5.73 Å². The standard InChI is InChI=1S/C33H41N3O5/c1-33(2,3)41-32(40)35-27(18-21-9-5-4-6-10-21)28(37)20-24(17-22-13-15-25(34)16-14-22)31(39)36-30-26-12-8-7-11-23(26)19-29(30)38/h4-16,24,27-30,37-38H,17-20,34H2,1-3H3,(H,35,40)(H,36,39)/t24?,27?,28-,29-,30?/m0/s1. The largest absolute Gasteiger partial charge is 0.444 e. The van der Waals surface area contributed by atoms with Gasteiger partial charge in [-0.05, 0) is 74.4 Å². The molecule has 5 atom stereocenters. The number of nitrogens with two attached hydrogens (primary N) is 1. The van der Waals surface area contributed by atoms with Crippen molar-refractivity contribution in [1.82, 2.24) is 10.6 Å². The smallest absolute Gasteiger partial charge is 0.407 e. The Kier molecular flexibility index (Phi) is 9.68. The van der Waals surface area contributed by atoms with E-state index in [9.17, 15) is 19.8 Å². The molecule has 3 unspecified atom stereocenters. The van der Waals surface area contributed by atoms with Gasteiger partial charge in [0.05, 0.1) is 24.3 Å². The maximum absolute atomic E-state index is 13.8. The van der Waals surface area contributed by atoms with Gasteiger partial charge in [0.2, 0.25) is 5.91 Å². The van der Waals surface area contributed by atoms with E-state index in [0.29, 0.717) is 24.9 Å². The lowest BCUT2D eigenvalue weighted by Crippen LogP contribution is -2.48. The SMILES string of the molecule is CC(C)(C)OC(=O)NC(Cc1ccccc1)[C@@H](O)CC(Cc1ccc(N)cc1)C(=O)NC1c2ccccc2C[C@@H]1O. The van der Waals surface area contributed by atoms with Gasteiger partial charge in [-0.2, -0.15) is 0 Å². The van der Waals surface area contributed by atoms with E-state index >= 15 is 0 Å². The van der Waals surface area contributed by atoms with Crippen molar-refractivity contribution in [3.05, 3.63) is 101 Å². The highest BCUT2D eigenvalue weighted by molar-refractivity contribution is 5.80. The van der Waals surface area contributed by atoms with Crippen LogP contribution in [0.4, 0.5) is 10.5 Å². The maximum Gasteiger partial charge on any atom is 0.407 e. The number of benzene rings is 3. The number of carbonyl (C=O) groups is 2. The molecule has 41 heavy (non-hydrogen) atoms. The zero-order chi connectivity index (χ0) is 29.6. The van der Waals surface area contributed by atoms with Crippen LogP contribution in [0.15, 0.2) is 78.9 Å². The maximum atomic E-state index is 13.8. The molecule has 0 aliphatic heterocycles. The number of anilines is 1. The zero-order valence-corrected chi connectivity index (χ0v) is 23.9. The van der Waals surface area contributed by atoms with E-state index in [1.54, 1.807) is 32.9 Å². The van der Waals surface area contributed by atoms with Gasteiger partial charge in [0, 0.05) is 18.0 Å². The number of amides is 2. The third-order valence-corrected chi connectivity index (χ3v) is 7.33. The molecule has 1 aliphatic rings. The number of ether oxygens (including phenoxy) is 1. The van der Waals surface area contributed by atoms with E-state index in [1.807, 2.05) is 66.7 Å². The normalized spacial score (nSPS) is 18.6. The van der Waals surface area contributed by atoms with Crippen molar-refractivity contribution in [1.29, 1.82) is 0 Å². The van der Waals surface area contributed by atoms with Gasteiger partial charge >= 0.3 is 6.09 Å². The molecule has 0 saturated heterocycles. The van der Waals surface area contributed by atoms with Gasteiger partial charge in [-0.3, -0.25) is 4.79 Å². The third-order valence-electron chi connectivity index (χ3n) is 7.33. The first-order valence-electron chi connectivity index (χ1n) is 14.1. The molecule has 218 valence electrons. The number of fused-ring (bicyclic) bond motifs is 1. The van der Waals surface area contributed by atoms with Crippen LogP contribution in [0.25, 0.3) is 0 Å². The molecule has 1 aliphatic carbocycles. The highest BCUT2D eigenvalue weighted by atomic mass is 16.6. The molecule has 0 saturated carbocycles. The van der Waals surface area contributed by atoms with E-state index in [1.165, 1.54) is 0 Å². The summed E-state index contributed by atoms with van der Waals surface area (Å²) < 4.78 is 5.47. The highest BCUT2D eigenvalue weighted by Gasteiger charge is 2.35. The van der Waals surface area contributed by atoms with Gasteiger partial charge in [0.1, 0.15) is 5.60 Å². The first-order chi connectivity index (χ1) is 19.5. The number of hydrogen-bond donors (Lipinski definition) is 5. The van der Waals surface area contributed by atoms with Crippen LogP contribution >= 0.6 is 0 Å². The Morgan fingerprint density at radius 3 is 2.27 bits per heavy atom.